The SMILES string of the molecule is OB(O)c1cc2cccc(OCC(F)(F)F)c2s1. The number of hydrogen-bond acceptors (Lipinski definition) is 4. The minimum atomic E-state index is -4.40. The average Bonchev–Trinajstić information content (AvgIpc) is 2.69. The van der Waals surface area contributed by atoms with E-state index in [4.69, 9.17) is 14.8 Å². The molecule has 1 aromatic heterocycles. The zero-order chi connectivity index (χ0) is 13.3. The van der Waals surface area contributed by atoms with E-state index in [0.717, 1.165) is 11.3 Å². The van der Waals surface area contributed by atoms with Gasteiger partial charge >= 0.3 is 13.3 Å². The number of thiophene rings is 1. The van der Waals surface area contributed by atoms with Crippen LogP contribution in [0.4, 0.5) is 13.2 Å². The highest BCUT2D eigenvalue weighted by atomic mass is 32.1. The molecule has 0 fully saturated rings. The lowest BCUT2D eigenvalue weighted by atomic mass is 9.89. The molecule has 0 atom stereocenters. The molecule has 0 amide bonds. The lowest BCUT2D eigenvalue weighted by Crippen LogP contribution is -2.26. The molecule has 0 spiro atoms. The van der Waals surface area contributed by atoms with Crippen LogP contribution in [-0.4, -0.2) is 29.9 Å². The van der Waals surface area contributed by atoms with Gasteiger partial charge in [-0.15, -0.1) is 11.3 Å². The molecule has 3 nitrogen and oxygen atoms in total. The summed E-state index contributed by atoms with van der Waals surface area (Å²) in [5.74, 6) is 0.0849. The number of alkyl halides is 3. The standard InChI is InChI=1S/C10H8BF3O3S/c12-10(13,14)5-17-7-3-1-2-6-4-8(11(15)16)18-9(6)7/h1-4,15-16H,5H2. The van der Waals surface area contributed by atoms with Gasteiger partial charge in [-0.1, -0.05) is 12.1 Å². The number of rotatable bonds is 3. The molecule has 0 aliphatic rings. The molecule has 2 aromatic rings. The van der Waals surface area contributed by atoms with Crippen LogP contribution in [0.15, 0.2) is 24.3 Å². The highest BCUT2D eigenvalue weighted by molar-refractivity contribution is 7.28. The second-order valence-electron chi connectivity index (χ2n) is 3.60. The average molecular weight is 276 g/mol. The Morgan fingerprint density at radius 2 is 2.00 bits per heavy atom. The number of fused-ring (bicyclic) bond motifs is 1. The van der Waals surface area contributed by atoms with Gasteiger partial charge in [-0.2, -0.15) is 13.2 Å². The second-order valence-corrected chi connectivity index (χ2v) is 4.68. The molecule has 18 heavy (non-hydrogen) atoms. The summed E-state index contributed by atoms with van der Waals surface area (Å²) in [6.45, 7) is -1.37. The normalized spacial score (nSPS) is 11.8. The Labute approximate surface area is 105 Å². The predicted octanol–water partition coefficient (Wildman–Crippen LogP) is 1.52. The summed E-state index contributed by atoms with van der Waals surface area (Å²) < 4.78 is 41.6. The van der Waals surface area contributed by atoms with Gasteiger partial charge in [-0.25, -0.2) is 0 Å². The van der Waals surface area contributed by atoms with Gasteiger partial charge in [-0.05, 0) is 17.5 Å². The van der Waals surface area contributed by atoms with Crippen molar-refractivity contribution in [3.8, 4) is 5.75 Å². The molecular weight excluding hydrogens is 268 g/mol. The van der Waals surface area contributed by atoms with Crippen molar-refractivity contribution in [1.29, 1.82) is 0 Å². The van der Waals surface area contributed by atoms with E-state index in [9.17, 15) is 13.2 Å². The maximum Gasteiger partial charge on any atom is 0.499 e. The van der Waals surface area contributed by atoms with E-state index in [1.807, 2.05) is 0 Å². The maximum absolute atomic E-state index is 12.1. The van der Waals surface area contributed by atoms with Crippen molar-refractivity contribution in [1.82, 2.24) is 0 Å². The Hall–Kier alpha value is -1.25. The van der Waals surface area contributed by atoms with Crippen LogP contribution in [-0.2, 0) is 0 Å². The van der Waals surface area contributed by atoms with Crippen LogP contribution in [0.25, 0.3) is 10.1 Å². The van der Waals surface area contributed by atoms with Crippen molar-refractivity contribution in [3.05, 3.63) is 24.3 Å². The topological polar surface area (TPSA) is 49.7 Å². The van der Waals surface area contributed by atoms with Gasteiger partial charge in [0.15, 0.2) is 6.61 Å². The molecule has 0 unspecified atom stereocenters. The third-order valence-corrected chi connectivity index (χ3v) is 3.38. The molecule has 2 N–H and O–H groups in total. The first-order valence-electron chi connectivity index (χ1n) is 4.95. The van der Waals surface area contributed by atoms with E-state index in [-0.39, 0.29) is 10.5 Å². The monoisotopic (exact) mass is 276 g/mol. The largest absolute Gasteiger partial charge is 0.499 e. The van der Waals surface area contributed by atoms with E-state index in [1.165, 1.54) is 12.1 Å². The van der Waals surface area contributed by atoms with E-state index >= 15 is 0 Å². The van der Waals surface area contributed by atoms with Crippen LogP contribution < -0.4 is 9.51 Å². The number of ether oxygens (including phenoxy) is 1. The fourth-order valence-electron chi connectivity index (χ4n) is 1.46. The Kier molecular flexibility index (Phi) is 3.51. The summed E-state index contributed by atoms with van der Waals surface area (Å²) in [7, 11) is -1.64. The molecule has 1 aromatic carbocycles. The highest BCUT2D eigenvalue weighted by Gasteiger charge is 2.29. The second kappa shape index (κ2) is 4.79. The molecule has 0 saturated heterocycles. The molecular formula is C10H8BF3O3S. The lowest BCUT2D eigenvalue weighted by Gasteiger charge is -2.09. The summed E-state index contributed by atoms with van der Waals surface area (Å²) in [6.07, 6.45) is -4.40. The van der Waals surface area contributed by atoms with Gasteiger partial charge < -0.3 is 14.8 Å². The maximum atomic E-state index is 12.1. The predicted molar refractivity (Wildman–Crippen MR) is 63.2 cm³/mol. The van der Waals surface area contributed by atoms with Crippen molar-refractivity contribution in [2.75, 3.05) is 6.61 Å². The molecule has 0 aliphatic carbocycles. The van der Waals surface area contributed by atoms with Crippen molar-refractivity contribution in [3.63, 3.8) is 0 Å². The first-order valence-corrected chi connectivity index (χ1v) is 5.76. The zero-order valence-electron chi connectivity index (χ0n) is 8.94. The van der Waals surface area contributed by atoms with Gasteiger partial charge in [0, 0.05) is 4.78 Å². The van der Waals surface area contributed by atoms with Gasteiger partial charge in [0.05, 0.1) is 4.70 Å². The number of benzene rings is 1. The number of halogens is 3. The van der Waals surface area contributed by atoms with Crippen LogP contribution >= 0.6 is 11.3 Å². The third-order valence-electron chi connectivity index (χ3n) is 2.17. The van der Waals surface area contributed by atoms with Crippen LogP contribution in [0.3, 0.4) is 0 Å². The smallest absolute Gasteiger partial charge is 0.483 e. The Bertz CT molecular complexity index is 553. The summed E-state index contributed by atoms with van der Waals surface area (Å²) in [5, 5.41) is 18.7. The van der Waals surface area contributed by atoms with Crippen molar-refractivity contribution >= 4 is 33.3 Å². The van der Waals surface area contributed by atoms with E-state index < -0.39 is 19.9 Å². The van der Waals surface area contributed by atoms with Crippen molar-refractivity contribution in [2.45, 2.75) is 6.18 Å². The van der Waals surface area contributed by atoms with Crippen LogP contribution in [0.5, 0.6) is 5.75 Å². The fourth-order valence-corrected chi connectivity index (χ4v) is 2.46. The molecule has 0 aliphatic heterocycles. The minimum Gasteiger partial charge on any atom is -0.483 e. The fraction of sp³-hybridized carbons (Fsp3) is 0.200. The first-order chi connectivity index (χ1) is 8.37. The highest BCUT2D eigenvalue weighted by Crippen LogP contribution is 2.30. The number of hydrogen-bond donors (Lipinski definition) is 2. The molecule has 1 heterocycles. The van der Waals surface area contributed by atoms with Gasteiger partial charge in [0.25, 0.3) is 0 Å². The first kappa shape index (κ1) is 13.2. The zero-order valence-corrected chi connectivity index (χ0v) is 9.76. The molecule has 8 heteroatoms. The van der Waals surface area contributed by atoms with Gasteiger partial charge in [0.1, 0.15) is 5.75 Å². The van der Waals surface area contributed by atoms with Gasteiger partial charge in [0.2, 0.25) is 0 Å². The third kappa shape index (κ3) is 2.95. The molecule has 0 radical (unpaired) electrons. The summed E-state index contributed by atoms with van der Waals surface area (Å²) in [5.41, 5.74) is 0. The molecule has 96 valence electrons. The van der Waals surface area contributed by atoms with Crippen LogP contribution in [0, 0.1) is 0 Å². The van der Waals surface area contributed by atoms with E-state index in [1.54, 1.807) is 12.1 Å². The molecule has 0 bridgehead atoms. The Morgan fingerprint density at radius 3 is 2.61 bits per heavy atom. The summed E-state index contributed by atoms with van der Waals surface area (Å²) in [6, 6.07) is 6.13. The van der Waals surface area contributed by atoms with Crippen LogP contribution in [0.2, 0.25) is 0 Å². The van der Waals surface area contributed by atoms with Crippen molar-refractivity contribution in [2.24, 2.45) is 0 Å². The Balaban J connectivity index is 2.33. The minimum absolute atomic E-state index is 0.0849. The lowest BCUT2D eigenvalue weighted by molar-refractivity contribution is -0.153. The van der Waals surface area contributed by atoms with Gasteiger partial charge in [-0.3, -0.25) is 0 Å². The quantitative estimate of drug-likeness (QED) is 0.836. The van der Waals surface area contributed by atoms with Crippen molar-refractivity contribution < 1.29 is 28.0 Å². The summed E-state index contributed by atoms with van der Waals surface area (Å²) in [4.78, 5) is 0. The van der Waals surface area contributed by atoms with E-state index in [2.05, 4.69) is 0 Å². The summed E-state index contributed by atoms with van der Waals surface area (Å²) >= 11 is 0.990. The van der Waals surface area contributed by atoms with E-state index in [0.29, 0.717) is 10.1 Å². The molecule has 0 saturated carbocycles. The Morgan fingerprint density at radius 1 is 1.28 bits per heavy atom. The molecule has 2 rings (SSSR count). The van der Waals surface area contributed by atoms with Crippen LogP contribution in [0.1, 0.15) is 0 Å².